The highest BCUT2D eigenvalue weighted by molar-refractivity contribution is 7.99. The van der Waals surface area contributed by atoms with Crippen LogP contribution in [0.15, 0.2) is 16.9 Å². The Labute approximate surface area is 82.3 Å². The van der Waals surface area contributed by atoms with Gasteiger partial charge in [-0.05, 0) is 18.6 Å². The normalized spacial score (nSPS) is 23.2. The predicted molar refractivity (Wildman–Crippen MR) is 53.7 cm³/mol. The lowest BCUT2D eigenvalue weighted by Crippen LogP contribution is -2.33. The SMILES string of the molecule is c1cc(CNC2CCCSC2)no1. The van der Waals surface area contributed by atoms with Gasteiger partial charge in [-0.1, -0.05) is 5.16 Å². The molecule has 0 bridgehead atoms. The van der Waals surface area contributed by atoms with Gasteiger partial charge in [-0.25, -0.2) is 0 Å². The van der Waals surface area contributed by atoms with Gasteiger partial charge < -0.3 is 9.84 Å². The van der Waals surface area contributed by atoms with E-state index in [9.17, 15) is 0 Å². The fourth-order valence-electron chi connectivity index (χ4n) is 1.48. The number of nitrogens with one attached hydrogen (secondary N) is 1. The number of aromatic nitrogens is 1. The molecule has 0 amide bonds. The second-order valence-corrected chi connectivity index (χ2v) is 4.44. The first-order valence-electron chi connectivity index (χ1n) is 4.65. The zero-order valence-electron chi connectivity index (χ0n) is 7.53. The van der Waals surface area contributed by atoms with Crippen LogP contribution in [0.3, 0.4) is 0 Å². The Morgan fingerprint density at radius 1 is 1.69 bits per heavy atom. The van der Waals surface area contributed by atoms with E-state index in [1.165, 1.54) is 24.3 Å². The van der Waals surface area contributed by atoms with E-state index in [1.54, 1.807) is 6.26 Å². The Balaban J connectivity index is 1.72. The average Bonchev–Trinajstić information content (AvgIpc) is 2.69. The summed E-state index contributed by atoms with van der Waals surface area (Å²) in [6, 6.07) is 2.57. The second-order valence-electron chi connectivity index (χ2n) is 3.29. The van der Waals surface area contributed by atoms with Crippen molar-refractivity contribution in [2.24, 2.45) is 0 Å². The first-order valence-corrected chi connectivity index (χ1v) is 5.81. The van der Waals surface area contributed by atoms with Gasteiger partial charge in [0.15, 0.2) is 0 Å². The van der Waals surface area contributed by atoms with Gasteiger partial charge in [0.1, 0.15) is 6.26 Å². The lowest BCUT2D eigenvalue weighted by atomic mass is 10.2. The van der Waals surface area contributed by atoms with E-state index in [0.717, 1.165) is 12.2 Å². The van der Waals surface area contributed by atoms with E-state index in [2.05, 4.69) is 10.5 Å². The van der Waals surface area contributed by atoms with Gasteiger partial charge in [-0.3, -0.25) is 0 Å². The van der Waals surface area contributed by atoms with Crippen molar-refractivity contribution < 1.29 is 4.52 Å². The lowest BCUT2D eigenvalue weighted by Gasteiger charge is -2.21. The molecule has 72 valence electrons. The molecule has 0 spiro atoms. The summed E-state index contributed by atoms with van der Waals surface area (Å²) in [5, 5.41) is 7.34. The number of rotatable bonds is 3. The maximum atomic E-state index is 4.76. The van der Waals surface area contributed by atoms with Crippen LogP contribution in [-0.4, -0.2) is 22.7 Å². The quantitative estimate of drug-likeness (QED) is 0.801. The van der Waals surface area contributed by atoms with Crippen molar-refractivity contribution in [2.45, 2.75) is 25.4 Å². The Morgan fingerprint density at radius 2 is 2.69 bits per heavy atom. The Hall–Kier alpha value is -0.480. The molecule has 3 nitrogen and oxygen atoms in total. The molecular formula is C9H14N2OS. The molecule has 1 unspecified atom stereocenters. The van der Waals surface area contributed by atoms with Gasteiger partial charge in [-0.2, -0.15) is 11.8 Å². The van der Waals surface area contributed by atoms with Crippen molar-refractivity contribution in [1.82, 2.24) is 10.5 Å². The highest BCUT2D eigenvalue weighted by Crippen LogP contribution is 2.16. The second kappa shape index (κ2) is 4.67. The smallest absolute Gasteiger partial charge is 0.124 e. The molecule has 4 heteroatoms. The fourth-order valence-corrected chi connectivity index (χ4v) is 2.59. The van der Waals surface area contributed by atoms with Crippen molar-refractivity contribution >= 4 is 11.8 Å². The van der Waals surface area contributed by atoms with Gasteiger partial charge in [-0.15, -0.1) is 0 Å². The maximum absolute atomic E-state index is 4.76. The molecule has 1 aromatic rings. The van der Waals surface area contributed by atoms with Crippen LogP contribution in [-0.2, 0) is 6.54 Å². The van der Waals surface area contributed by atoms with Crippen LogP contribution in [0, 0.1) is 0 Å². The van der Waals surface area contributed by atoms with E-state index >= 15 is 0 Å². The highest BCUT2D eigenvalue weighted by Gasteiger charge is 2.12. The van der Waals surface area contributed by atoms with Crippen LogP contribution in [0.4, 0.5) is 0 Å². The van der Waals surface area contributed by atoms with Crippen molar-refractivity contribution in [2.75, 3.05) is 11.5 Å². The molecule has 2 heterocycles. The summed E-state index contributed by atoms with van der Waals surface area (Å²) in [5.41, 5.74) is 0.996. The zero-order valence-corrected chi connectivity index (χ0v) is 8.35. The van der Waals surface area contributed by atoms with Gasteiger partial charge in [0.05, 0.1) is 5.69 Å². The monoisotopic (exact) mass is 198 g/mol. The van der Waals surface area contributed by atoms with E-state index in [-0.39, 0.29) is 0 Å². The number of hydrogen-bond donors (Lipinski definition) is 1. The maximum Gasteiger partial charge on any atom is 0.124 e. The van der Waals surface area contributed by atoms with Crippen LogP contribution in [0.2, 0.25) is 0 Å². The highest BCUT2D eigenvalue weighted by atomic mass is 32.2. The minimum absolute atomic E-state index is 0.662. The Bertz CT molecular complexity index is 232. The molecule has 1 aliphatic rings. The molecule has 1 atom stereocenters. The zero-order chi connectivity index (χ0) is 8.93. The molecule has 1 aromatic heterocycles. The number of hydrogen-bond acceptors (Lipinski definition) is 4. The predicted octanol–water partition coefficient (Wildman–Crippen LogP) is 1.66. The topological polar surface area (TPSA) is 38.1 Å². The van der Waals surface area contributed by atoms with Gasteiger partial charge in [0, 0.05) is 24.4 Å². The van der Waals surface area contributed by atoms with Crippen LogP contribution in [0.1, 0.15) is 18.5 Å². The van der Waals surface area contributed by atoms with Crippen molar-refractivity contribution in [3.05, 3.63) is 18.0 Å². The summed E-state index contributed by atoms with van der Waals surface area (Å²) in [5.74, 6) is 2.56. The molecule has 0 aliphatic carbocycles. The summed E-state index contributed by atoms with van der Waals surface area (Å²) in [6.07, 6.45) is 4.25. The van der Waals surface area contributed by atoms with Gasteiger partial charge >= 0.3 is 0 Å². The third-order valence-corrected chi connectivity index (χ3v) is 3.44. The molecule has 2 rings (SSSR count). The first kappa shape index (κ1) is 9.09. The summed E-state index contributed by atoms with van der Waals surface area (Å²) < 4.78 is 4.76. The fraction of sp³-hybridized carbons (Fsp3) is 0.667. The molecule has 0 aromatic carbocycles. The third kappa shape index (κ3) is 2.74. The molecule has 1 aliphatic heterocycles. The van der Waals surface area contributed by atoms with E-state index in [0.29, 0.717) is 6.04 Å². The van der Waals surface area contributed by atoms with E-state index in [1.807, 2.05) is 17.8 Å². The summed E-state index contributed by atoms with van der Waals surface area (Å²) in [7, 11) is 0. The molecule has 1 saturated heterocycles. The molecule has 13 heavy (non-hydrogen) atoms. The minimum atomic E-state index is 0.662. The molecule has 1 N–H and O–H groups in total. The van der Waals surface area contributed by atoms with Crippen molar-refractivity contribution in [1.29, 1.82) is 0 Å². The third-order valence-electron chi connectivity index (χ3n) is 2.22. The molecule has 0 saturated carbocycles. The number of thioether (sulfide) groups is 1. The van der Waals surface area contributed by atoms with Crippen LogP contribution >= 0.6 is 11.8 Å². The molecular weight excluding hydrogens is 184 g/mol. The van der Waals surface area contributed by atoms with Crippen LogP contribution < -0.4 is 5.32 Å². The summed E-state index contributed by atoms with van der Waals surface area (Å²) in [6.45, 7) is 0.835. The van der Waals surface area contributed by atoms with Crippen molar-refractivity contribution in [3.63, 3.8) is 0 Å². The average molecular weight is 198 g/mol. The van der Waals surface area contributed by atoms with E-state index in [4.69, 9.17) is 4.52 Å². The standard InChI is InChI=1S/C9H14N2OS/c1-2-9(7-13-5-1)10-6-8-3-4-12-11-8/h3-4,9-10H,1-2,5-7H2. The lowest BCUT2D eigenvalue weighted by molar-refractivity contribution is 0.403. The van der Waals surface area contributed by atoms with Gasteiger partial charge in [0.2, 0.25) is 0 Å². The summed E-state index contributed by atoms with van der Waals surface area (Å²) >= 11 is 2.03. The largest absolute Gasteiger partial charge is 0.364 e. The Morgan fingerprint density at radius 3 is 3.38 bits per heavy atom. The van der Waals surface area contributed by atoms with Crippen LogP contribution in [0.25, 0.3) is 0 Å². The minimum Gasteiger partial charge on any atom is -0.364 e. The Kier molecular flexibility index (Phi) is 3.27. The summed E-state index contributed by atoms with van der Waals surface area (Å²) in [4.78, 5) is 0. The molecule has 1 fully saturated rings. The first-order chi connectivity index (χ1) is 6.45. The van der Waals surface area contributed by atoms with Crippen molar-refractivity contribution in [3.8, 4) is 0 Å². The van der Waals surface area contributed by atoms with Crippen LogP contribution in [0.5, 0.6) is 0 Å². The molecule has 0 radical (unpaired) electrons. The number of nitrogens with zero attached hydrogens (tertiary/aromatic N) is 1. The van der Waals surface area contributed by atoms with Gasteiger partial charge in [0.25, 0.3) is 0 Å². The van der Waals surface area contributed by atoms with E-state index < -0.39 is 0 Å².